The second kappa shape index (κ2) is 6.11. The lowest BCUT2D eigenvalue weighted by Gasteiger charge is -2.30. The maximum Gasteiger partial charge on any atom is 0.222 e. The zero-order chi connectivity index (χ0) is 12.1. The molecule has 15 heavy (non-hydrogen) atoms. The first-order valence-electron chi connectivity index (χ1n) is 5.85. The molecule has 0 aliphatic carbocycles. The number of aliphatic hydroxyl groups is 1. The molecule has 0 spiro atoms. The van der Waals surface area contributed by atoms with Crippen molar-refractivity contribution < 1.29 is 9.90 Å². The van der Waals surface area contributed by atoms with Crippen molar-refractivity contribution in [2.75, 3.05) is 6.54 Å². The van der Waals surface area contributed by atoms with Crippen LogP contribution in [0.4, 0.5) is 0 Å². The second-order valence-corrected chi connectivity index (χ2v) is 4.69. The van der Waals surface area contributed by atoms with E-state index in [9.17, 15) is 9.90 Å². The summed E-state index contributed by atoms with van der Waals surface area (Å²) >= 11 is 0. The smallest absolute Gasteiger partial charge is 0.222 e. The van der Waals surface area contributed by atoms with Gasteiger partial charge >= 0.3 is 0 Å². The molecule has 0 saturated carbocycles. The number of carbonyl (C=O) groups excluding carboxylic acids is 1. The van der Waals surface area contributed by atoms with Gasteiger partial charge < -0.3 is 10.4 Å². The van der Waals surface area contributed by atoms with Crippen LogP contribution in [-0.4, -0.2) is 23.2 Å². The molecule has 0 fully saturated rings. The Morgan fingerprint density at radius 1 is 1.33 bits per heavy atom. The van der Waals surface area contributed by atoms with E-state index in [-0.39, 0.29) is 17.7 Å². The molecule has 3 unspecified atom stereocenters. The topological polar surface area (TPSA) is 49.3 Å². The van der Waals surface area contributed by atoms with Crippen molar-refractivity contribution in [1.82, 2.24) is 5.32 Å². The van der Waals surface area contributed by atoms with Crippen LogP contribution in [0.1, 0.15) is 47.5 Å². The molecule has 0 saturated heterocycles. The van der Waals surface area contributed by atoms with Gasteiger partial charge in [-0.15, -0.1) is 0 Å². The van der Waals surface area contributed by atoms with E-state index >= 15 is 0 Å². The van der Waals surface area contributed by atoms with E-state index in [2.05, 4.69) is 5.32 Å². The summed E-state index contributed by atoms with van der Waals surface area (Å²) in [6.07, 6.45) is 1.74. The van der Waals surface area contributed by atoms with E-state index in [0.717, 1.165) is 12.8 Å². The maximum absolute atomic E-state index is 11.5. The van der Waals surface area contributed by atoms with E-state index in [1.807, 2.05) is 27.7 Å². The molecule has 0 aromatic rings. The van der Waals surface area contributed by atoms with E-state index in [1.165, 1.54) is 0 Å². The number of hydrogen-bond donors (Lipinski definition) is 2. The highest BCUT2D eigenvalue weighted by Crippen LogP contribution is 2.18. The molecule has 0 aliphatic heterocycles. The molecule has 3 nitrogen and oxygen atoms in total. The zero-order valence-electron chi connectivity index (χ0n) is 10.6. The van der Waals surface area contributed by atoms with Crippen LogP contribution in [-0.2, 0) is 4.79 Å². The third kappa shape index (κ3) is 4.65. The molecule has 3 atom stereocenters. The van der Waals surface area contributed by atoms with Gasteiger partial charge in [0.1, 0.15) is 0 Å². The van der Waals surface area contributed by atoms with Crippen molar-refractivity contribution in [3.8, 4) is 0 Å². The lowest BCUT2D eigenvalue weighted by Crippen LogP contribution is -2.46. The summed E-state index contributed by atoms with van der Waals surface area (Å²) < 4.78 is 0. The summed E-state index contributed by atoms with van der Waals surface area (Å²) in [4.78, 5) is 11.5. The van der Waals surface area contributed by atoms with Gasteiger partial charge in [-0.1, -0.05) is 34.1 Å². The number of nitrogens with one attached hydrogen (secondary N) is 1. The zero-order valence-corrected chi connectivity index (χ0v) is 10.6. The molecule has 0 heterocycles. The first kappa shape index (κ1) is 14.4. The molecule has 2 N–H and O–H groups in total. The highest BCUT2D eigenvalue weighted by Gasteiger charge is 2.27. The Balaban J connectivity index is 4.09. The van der Waals surface area contributed by atoms with Crippen LogP contribution in [0.3, 0.4) is 0 Å². The van der Waals surface area contributed by atoms with Crippen molar-refractivity contribution in [2.45, 2.75) is 53.1 Å². The lowest BCUT2D eigenvalue weighted by atomic mass is 9.88. The highest BCUT2D eigenvalue weighted by atomic mass is 16.3. The van der Waals surface area contributed by atoms with Crippen molar-refractivity contribution in [2.24, 2.45) is 11.8 Å². The van der Waals surface area contributed by atoms with E-state index in [0.29, 0.717) is 6.54 Å². The summed E-state index contributed by atoms with van der Waals surface area (Å²) in [6.45, 7) is 10.0. The molecule has 0 aliphatic rings. The molecule has 0 rings (SSSR count). The van der Waals surface area contributed by atoms with Gasteiger partial charge in [-0.05, 0) is 19.3 Å². The Morgan fingerprint density at radius 2 is 1.87 bits per heavy atom. The molecule has 3 heteroatoms. The average molecular weight is 215 g/mol. The molecule has 0 bridgehead atoms. The minimum atomic E-state index is -0.808. The SMILES string of the molecule is CCC(C)C(=O)NCC(C)(O)C(C)CC. The standard InChI is InChI=1S/C12H25NO2/c1-6-9(3)11(14)13-8-12(5,15)10(4)7-2/h9-10,15H,6-8H2,1-5H3,(H,13,14). The fraction of sp³-hybridized carbons (Fsp3) is 0.917. The van der Waals surface area contributed by atoms with Gasteiger partial charge in [-0.2, -0.15) is 0 Å². The third-order valence-electron chi connectivity index (χ3n) is 3.35. The van der Waals surface area contributed by atoms with E-state index in [1.54, 1.807) is 6.92 Å². The van der Waals surface area contributed by atoms with Gasteiger partial charge in [0.2, 0.25) is 5.91 Å². The molecule has 0 aromatic heterocycles. The van der Waals surface area contributed by atoms with Crippen LogP contribution >= 0.6 is 0 Å². The van der Waals surface area contributed by atoms with Crippen molar-refractivity contribution in [1.29, 1.82) is 0 Å². The summed E-state index contributed by atoms with van der Waals surface area (Å²) in [5, 5.41) is 12.9. The van der Waals surface area contributed by atoms with Crippen LogP contribution < -0.4 is 5.32 Å². The molecule has 90 valence electrons. The average Bonchev–Trinajstić information content (AvgIpc) is 2.23. The summed E-state index contributed by atoms with van der Waals surface area (Å²) in [6, 6.07) is 0. The number of rotatable bonds is 6. The normalized spacial score (nSPS) is 19.1. The summed E-state index contributed by atoms with van der Waals surface area (Å²) in [7, 11) is 0. The van der Waals surface area contributed by atoms with E-state index < -0.39 is 5.60 Å². The lowest BCUT2D eigenvalue weighted by molar-refractivity contribution is -0.126. The number of carbonyl (C=O) groups is 1. The van der Waals surface area contributed by atoms with Crippen molar-refractivity contribution in [3.05, 3.63) is 0 Å². The Hall–Kier alpha value is -0.570. The molecular formula is C12H25NO2. The predicted molar refractivity (Wildman–Crippen MR) is 62.5 cm³/mol. The second-order valence-electron chi connectivity index (χ2n) is 4.69. The van der Waals surface area contributed by atoms with Gasteiger partial charge in [0.25, 0.3) is 0 Å². The quantitative estimate of drug-likeness (QED) is 0.711. The van der Waals surface area contributed by atoms with Crippen LogP contribution in [0.15, 0.2) is 0 Å². The maximum atomic E-state index is 11.5. The Kier molecular flexibility index (Phi) is 5.88. The summed E-state index contributed by atoms with van der Waals surface area (Å²) in [5.41, 5.74) is -0.808. The van der Waals surface area contributed by atoms with Crippen LogP contribution in [0.2, 0.25) is 0 Å². The van der Waals surface area contributed by atoms with Crippen LogP contribution in [0, 0.1) is 11.8 Å². The highest BCUT2D eigenvalue weighted by molar-refractivity contribution is 5.78. The Labute approximate surface area is 93.3 Å². The third-order valence-corrected chi connectivity index (χ3v) is 3.35. The summed E-state index contributed by atoms with van der Waals surface area (Å²) in [5.74, 6) is 0.244. The van der Waals surface area contributed by atoms with Crippen LogP contribution in [0.5, 0.6) is 0 Å². The Bertz CT molecular complexity index is 202. The largest absolute Gasteiger partial charge is 0.388 e. The fourth-order valence-electron chi connectivity index (χ4n) is 1.24. The van der Waals surface area contributed by atoms with Crippen molar-refractivity contribution in [3.63, 3.8) is 0 Å². The van der Waals surface area contributed by atoms with Gasteiger partial charge in [-0.25, -0.2) is 0 Å². The first-order valence-corrected chi connectivity index (χ1v) is 5.85. The van der Waals surface area contributed by atoms with Gasteiger partial charge in [0, 0.05) is 12.5 Å². The first-order chi connectivity index (χ1) is 6.85. The predicted octanol–water partition coefficient (Wildman–Crippen LogP) is 1.95. The number of amides is 1. The van der Waals surface area contributed by atoms with Gasteiger partial charge in [0.05, 0.1) is 5.60 Å². The number of hydrogen-bond acceptors (Lipinski definition) is 2. The molecular weight excluding hydrogens is 190 g/mol. The Morgan fingerprint density at radius 3 is 2.27 bits per heavy atom. The minimum Gasteiger partial charge on any atom is -0.388 e. The van der Waals surface area contributed by atoms with Gasteiger partial charge in [0.15, 0.2) is 0 Å². The fourth-order valence-corrected chi connectivity index (χ4v) is 1.24. The van der Waals surface area contributed by atoms with E-state index in [4.69, 9.17) is 0 Å². The minimum absolute atomic E-state index is 0.0257. The van der Waals surface area contributed by atoms with Crippen LogP contribution in [0.25, 0.3) is 0 Å². The molecule has 1 amide bonds. The van der Waals surface area contributed by atoms with Crippen molar-refractivity contribution >= 4 is 5.91 Å². The molecule has 0 radical (unpaired) electrons. The van der Waals surface area contributed by atoms with Gasteiger partial charge in [-0.3, -0.25) is 4.79 Å². The monoisotopic (exact) mass is 215 g/mol. The molecule has 0 aromatic carbocycles.